The number of aromatic hydroxyl groups is 3. The van der Waals surface area contributed by atoms with Gasteiger partial charge in [0.15, 0.2) is 17.3 Å². The molecule has 0 bridgehead atoms. The summed E-state index contributed by atoms with van der Waals surface area (Å²) in [6.07, 6.45) is -0.627. The number of hydrogen-bond donors (Lipinski definition) is 3. The van der Waals surface area contributed by atoms with Crippen LogP contribution in [-0.4, -0.2) is 21.1 Å². The van der Waals surface area contributed by atoms with Crippen molar-refractivity contribution in [2.24, 2.45) is 0 Å². The summed E-state index contributed by atoms with van der Waals surface area (Å²) in [7, 11) is 0. The van der Waals surface area contributed by atoms with Gasteiger partial charge in [-0.3, -0.25) is 4.79 Å². The van der Waals surface area contributed by atoms with Gasteiger partial charge in [0.25, 0.3) is 0 Å². The smallest absolute Gasteiger partial charge is 0.170 e. The highest BCUT2D eigenvalue weighted by molar-refractivity contribution is 6.00. The number of benzene rings is 2. The molecule has 0 aliphatic carbocycles. The third-order valence-corrected chi connectivity index (χ3v) is 3.30. The van der Waals surface area contributed by atoms with Crippen molar-refractivity contribution in [1.29, 1.82) is 0 Å². The number of rotatable bonds is 1. The largest absolute Gasteiger partial charge is 0.508 e. The van der Waals surface area contributed by atoms with Crippen LogP contribution < -0.4 is 4.74 Å². The Labute approximate surface area is 114 Å². The van der Waals surface area contributed by atoms with Gasteiger partial charge in [0.1, 0.15) is 17.6 Å². The lowest BCUT2D eigenvalue weighted by Gasteiger charge is -2.26. The average molecular weight is 272 g/mol. The topological polar surface area (TPSA) is 87.0 Å². The molecule has 0 amide bonds. The van der Waals surface area contributed by atoms with Gasteiger partial charge >= 0.3 is 0 Å². The highest BCUT2D eigenvalue weighted by Gasteiger charge is 2.30. The summed E-state index contributed by atoms with van der Waals surface area (Å²) in [5.41, 5.74) is 0.742. The SMILES string of the molecule is O=C1CC(c2cccc(O)c2O)Oc2cc(O)ccc21. The predicted octanol–water partition coefficient (Wildman–Crippen LogP) is 2.51. The number of carbonyl (C=O) groups excluding carboxylic acids is 1. The zero-order valence-corrected chi connectivity index (χ0v) is 10.4. The van der Waals surface area contributed by atoms with E-state index in [1.807, 2.05) is 0 Å². The number of ether oxygens (including phenoxy) is 1. The molecule has 3 rings (SSSR count). The highest BCUT2D eigenvalue weighted by Crippen LogP contribution is 2.41. The summed E-state index contributed by atoms with van der Waals surface area (Å²) in [6.45, 7) is 0. The number of hydrogen-bond acceptors (Lipinski definition) is 5. The molecule has 1 heterocycles. The van der Waals surface area contributed by atoms with Crippen molar-refractivity contribution in [2.75, 3.05) is 0 Å². The second-order valence-electron chi connectivity index (χ2n) is 4.63. The molecule has 102 valence electrons. The second-order valence-corrected chi connectivity index (χ2v) is 4.63. The molecule has 0 aromatic heterocycles. The summed E-state index contributed by atoms with van der Waals surface area (Å²) in [5.74, 6) is -0.431. The van der Waals surface area contributed by atoms with Crippen molar-refractivity contribution in [3.8, 4) is 23.0 Å². The molecule has 1 aliphatic heterocycles. The van der Waals surface area contributed by atoms with Gasteiger partial charge in [-0.1, -0.05) is 12.1 Å². The number of phenols is 3. The number of carbonyl (C=O) groups is 1. The Balaban J connectivity index is 2.03. The predicted molar refractivity (Wildman–Crippen MR) is 70.2 cm³/mol. The van der Waals surface area contributed by atoms with Gasteiger partial charge in [0, 0.05) is 11.6 Å². The van der Waals surface area contributed by atoms with E-state index in [2.05, 4.69) is 0 Å². The van der Waals surface area contributed by atoms with E-state index >= 15 is 0 Å². The molecule has 0 saturated heterocycles. The fourth-order valence-electron chi connectivity index (χ4n) is 2.29. The summed E-state index contributed by atoms with van der Waals surface area (Å²) < 4.78 is 5.65. The van der Waals surface area contributed by atoms with Crippen LogP contribution in [0.1, 0.15) is 28.4 Å². The molecule has 3 N–H and O–H groups in total. The number of fused-ring (bicyclic) bond motifs is 1. The Kier molecular flexibility index (Phi) is 2.75. The van der Waals surface area contributed by atoms with Gasteiger partial charge in [-0.25, -0.2) is 0 Å². The molecule has 2 aromatic carbocycles. The van der Waals surface area contributed by atoms with Crippen molar-refractivity contribution in [3.63, 3.8) is 0 Å². The second kappa shape index (κ2) is 4.45. The zero-order valence-electron chi connectivity index (χ0n) is 10.4. The molecule has 20 heavy (non-hydrogen) atoms. The van der Waals surface area contributed by atoms with Crippen molar-refractivity contribution in [3.05, 3.63) is 47.5 Å². The lowest BCUT2D eigenvalue weighted by atomic mass is 9.95. The van der Waals surface area contributed by atoms with Crippen molar-refractivity contribution >= 4 is 5.78 Å². The highest BCUT2D eigenvalue weighted by atomic mass is 16.5. The first-order valence-corrected chi connectivity index (χ1v) is 6.10. The van der Waals surface area contributed by atoms with Crippen LogP contribution in [0.4, 0.5) is 0 Å². The number of ketones is 1. The number of phenolic OH excluding ortho intramolecular Hbond substituents is 3. The van der Waals surface area contributed by atoms with Gasteiger partial charge < -0.3 is 20.1 Å². The zero-order chi connectivity index (χ0) is 14.3. The van der Waals surface area contributed by atoms with Crippen LogP contribution in [0.2, 0.25) is 0 Å². The van der Waals surface area contributed by atoms with E-state index in [0.717, 1.165) is 0 Å². The van der Waals surface area contributed by atoms with E-state index < -0.39 is 6.10 Å². The molecule has 0 fully saturated rings. The van der Waals surface area contributed by atoms with Crippen LogP contribution in [0.15, 0.2) is 36.4 Å². The van der Waals surface area contributed by atoms with Crippen molar-refractivity contribution < 1.29 is 24.9 Å². The quantitative estimate of drug-likeness (QED) is 0.694. The average Bonchev–Trinajstić information content (AvgIpc) is 2.41. The fraction of sp³-hybridized carbons (Fsp3) is 0.133. The Morgan fingerprint density at radius 2 is 1.90 bits per heavy atom. The maximum Gasteiger partial charge on any atom is 0.170 e. The summed E-state index contributed by atoms with van der Waals surface area (Å²) >= 11 is 0. The van der Waals surface area contributed by atoms with Crippen LogP contribution >= 0.6 is 0 Å². The molecular weight excluding hydrogens is 260 g/mol. The summed E-state index contributed by atoms with van der Waals surface area (Å²) in [4.78, 5) is 12.1. The molecule has 1 aliphatic rings. The molecule has 5 nitrogen and oxygen atoms in total. The van der Waals surface area contributed by atoms with Gasteiger partial charge in [-0.15, -0.1) is 0 Å². The lowest BCUT2D eigenvalue weighted by molar-refractivity contribution is 0.0846. The number of para-hydroxylation sites is 1. The van der Waals surface area contributed by atoms with Gasteiger partial charge in [0.05, 0.1) is 12.0 Å². The van der Waals surface area contributed by atoms with Crippen molar-refractivity contribution in [2.45, 2.75) is 12.5 Å². The van der Waals surface area contributed by atoms with Crippen LogP contribution in [0.3, 0.4) is 0 Å². The Bertz CT molecular complexity index is 693. The van der Waals surface area contributed by atoms with E-state index in [1.54, 1.807) is 12.1 Å². The molecule has 1 atom stereocenters. The van der Waals surface area contributed by atoms with E-state index in [4.69, 9.17) is 4.74 Å². The summed E-state index contributed by atoms with van der Waals surface area (Å²) in [6, 6.07) is 8.79. The molecule has 1 unspecified atom stereocenters. The molecule has 0 saturated carbocycles. The minimum Gasteiger partial charge on any atom is -0.508 e. The van der Waals surface area contributed by atoms with Crippen LogP contribution in [0, 0.1) is 0 Å². The first-order valence-electron chi connectivity index (χ1n) is 6.10. The monoisotopic (exact) mass is 272 g/mol. The first-order chi connectivity index (χ1) is 9.56. The third-order valence-electron chi connectivity index (χ3n) is 3.30. The molecule has 5 heteroatoms. The Hall–Kier alpha value is -2.69. The Morgan fingerprint density at radius 1 is 1.10 bits per heavy atom. The molecule has 0 spiro atoms. The minimum absolute atomic E-state index is 0.00247. The maximum atomic E-state index is 12.1. The molecular formula is C15H12O5. The van der Waals surface area contributed by atoms with Crippen LogP contribution in [0.5, 0.6) is 23.0 Å². The van der Waals surface area contributed by atoms with E-state index in [-0.39, 0.29) is 35.2 Å². The third kappa shape index (κ3) is 1.93. The van der Waals surface area contributed by atoms with E-state index in [9.17, 15) is 20.1 Å². The van der Waals surface area contributed by atoms with E-state index in [1.165, 1.54) is 24.3 Å². The Morgan fingerprint density at radius 3 is 2.70 bits per heavy atom. The summed E-state index contributed by atoms with van der Waals surface area (Å²) in [5, 5.41) is 28.8. The van der Waals surface area contributed by atoms with Crippen LogP contribution in [0.25, 0.3) is 0 Å². The van der Waals surface area contributed by atoms with Crippen LogP contribution in [-0.2, 0) is 0 Å². The van der Waals surface area contributed by atoms with Gasteiger partial charge in [-0.2, -0.15) is 0 Å². The van der Waals surface area contributed by atoms with Gasteiger partial charge in [-0.05, 0) is 18.2 Å². The van der Waals surface area contributed by atoms with Gasteiger partial charge in [0.2, 0.25) is 0 Å². The van der Waals surface area contributed by atoms with E-state index in [0.29, 0.717) is 11.1 Å². The minimum atomic E-state index is -0.691. The lowest BCUT2D eigenvalue weighted by Crippen LogP contribution is -2.20. The normalized spacial score (nSPS) is 17.4. The maximum absolute atomic E-state index is 12.1. The standard InChI is InChI=1S/C15H12O5/c16-8-4-5-9-12(18)7-14(20-13(9)6-8)10-2-1-3-11(17)15(10)19/h1-6,14,16-17,19H,7H2. The first kappa shape index (κ1) is 12.3. The van der Waals surface area contributed by atoms with Crippen molar-refractivity contribution in [1.82, 2.24) is 0 Å². The fourth-order valence-corrected chi connectivity index (χ4v) is 2.29. The molecule has 2 aromatic rings. The number of Topliss-reactive ketones (excluding diaryl/α,β-unsaturated/α-hetero) is 1. The molecule has 0 radical (unpaired) electrons.